The van der Waals surface area contributed by atoms with Crippen molar-refractivity contribution in [2.45, 2.75) is 90.2 Å². The predicted molar refractivity (Wildman–Crippen MR) is 114 cm³/mol. The van der Waals surface area contributed by atoms with E-state index in [9.17, 15) is 4.79 Å². The van der Waals surface area contributed by atoms with Crippen LogP contribution in [0.4, 0.5) is 0 Å². The number of allylic oxidation sites excluding steroid dienone is 1. The van der Waals surface area contributed by atoms with Crippen molar-refractivity contribution < 1.29 is 9.53 Å². The minimum absolute atomic E-state index is 0.0870. The van der Waals surface area contributed by atoms with E-state index in [0.29, 0.717) is 10.8 Å². The molecule has 0 radical (unpaired) electrons. The van der Waals surface area contributed by atoms with Crippen molar-refractivity contribution in [1.29, 1.82) is 0 Å². The molecule has 4 saturated carbocycles. The van der Waals surface area contributed by atoms with E-state index in [2.05, 4.69) is 31.9 Å². The van der Waals surface area contributed by atoms with Gasteiger partial charge in [0.15, 0.2) is 0 Å². The van der Waals surface area contributed by atoms with Crippen LogP contribution in [0.1, 0.15) is 78.1 Å². The summed E-state index contributed by atoms with van der Waals surface area (Å²) in [4.78, 5) is 14.8. The summed E-state index contributed by atoms with van der Waals surface area (Å²) in [5.74, 6) is 3.95. The Kier molecular flexibility index (Phi) is 4.13. The Morgan fingerprint density at radius 1 is 1.07 bits per heavy atom. The molecular weight excluding hydrogens is 358 g/mol. The third-order valence-electron chi connectivity index (χ3n) is 10.9. The molecule has 6 aliphatic rings. The summed E-state index contributed by atoms with van der Waals surface area (Å²) in [6.07, 6.45) is 15.3. The van der Waals surface area contributed by atoms with E-state index in [1.807, 2.05) is 0 Å². The van der Waals surface area contributed by atoms with Gasteiger partial charge < -0.3 is 9.64 Å². The van der Waals surface area contributed by atoms with Crippen LogP contribution in [0, 0.1) is 40.4 Å². The molecule has 160 valence electrons. The molecule has 8 atom stereocenters. The maximum atomic E-state index is 12.2. The van der Waals surface area contributed by atoms with E-state index >= 15 is 0 Å². The Labute approximate surface area is 176 Å². The number of likely N-dealkylation sites (tertiary alicyclic amines) is 1. The maximum absolute atomic E-state index is 12.2. The Balaban J connectivity index is 1.23. The van der Waals surface area contributed by atoms with Gasteiger partial charge in [0.25, 0.3) is 0 Å². The highest BCUT2D eigenvalue weighted by Gasteiger charge is 2.64. The lowest BCUT2D eigenvalue weighted by atomic mass is 9.47. The van der Waals surface area contributed by atoms with Crippen LogP contribution in [0.25, 0.3) is 0 Å². The molecule has 3 heteroatoms. The Morgan fingerprint density at radius 3 is 2.66 bits per heavy atom. The summed E-state index contributed by atoms with van der Waals surface area (Å²) < 4.78 is 5.91. The van der Waals surface area contributed by atoms with Crippen molar-refractivity contribution in [1.82, 2.24) is 4.90 Å². The molecule has 1 heterocycles. The van der Waals surface area contributed by atoms with E-state index in [-0.39, 0.29) is 18.0 Å². The van der Waals surface area contributed by atoms with Crippen LogP contribution in [-0.2, 0) is 9.53 Å². The standard InChI is InChI=1S/C26H39NO2/c1-16-21-8-9-23-20-7-6-18-14-19(29-24(28)17-4-5-17)10-12-25(18,2)22(20)11-13-26(21,23)15-27(16)3/h6,16-17,19-23H,4-5,7-15H2,1-3H3/t16-,19-,20+,21+,22-,23-,25-,26-/m0/s1. The van der Waals surface area contributed by atoms with Crippen LogP contribution in [0.2, 0.25) is 0 Å². The molecule has 0 aromatic carbocycles. The Hall–Kier alpha value is -0.830. The highest BCUT2D eigenvalue weighted by atomic mass is 16.5. The van der Waals surface area contributed by atoms with Crippen LogP contribution in [0.3, 0.4) is 0 Å². The second kappa shape index (κ2) is 6.34. The minimum Gasteiger partial charge on any atom is -0.462 e. The summed E-state index contributed by atoms with van der Waals surface area (Å²) in [7, 11) is 2.37. The average molecular weight is 398 g/mol. The summed E-state index contributed by atoms with van der Waals surface area (Å²) in [6, 6.07) is 0.776. The number of carbonyl (C=O) groups is 1. The Bertz CT molecular complexity index is 741. The van der Waals surface area contributed by atoms with Gasteiger partial charge in [0.2, 0.25) is 0 Å². The monoisotopic (exact) mass is 397 g/mol. The highest BCUT2D eigenvalue weighted by molar-refractivity contribution is 5.75. The second-order valence-corrected chi connectivity index (χ2v) is 11.9. The first kappa shape index (κ1) is 18.9. The van der Waals surface area contributed by atoms with E-state index in [1.54, 1.807) is 5.57 Å². The Morgan fingerprint density at radius 2 is 1.86 bits per heavy atom. The lowest BCUT2D eigenvalue weighted by Gasteiger charge is -2.58. The highest BCUT2D eigenvalue weighted by Crippen LogP contribution is 2.68. The number of rotatable bonds is 2. The van der Waals surface area contributed by atoms with Gasteiger partial charge in [0, 0.05) is 19.0 Å². The zero-order chi connectivity index (χ0) is 20.0. The SMILES string of the molecule is C[C@H]1[C@H]2CC[C@H]3[C@@H]4CC=C5C[C@@H](OC(=O)C6CC6)CC[C@]5(C)[C@H]4CC[C@]23CN1C. The van der Waals surface area contributed by atoms with E-state index in [0.717, 1.165) is 55.4 Å². The first-order valence-electron chi connectivity index (χ1n) is 12.5. The summed E-state index contributed by atoms with van der Waals surface area (Å²) >= 11 is 0. The molecule has 0 N–H and O–H groups in total. The molecule has 3 nitrogen and oxygen atoms in total. The fourth-order valence-corrected chi connectivity index (χ4v) is 9.11. The van der Waals surface area contributed by atoms with Gasteiger partial charge in [-0.1, -0.05) is 18.6 Å². The predicted octanol–water partition coefficient (Wildman–Crippen LogP) is 5.20. The average Bonchev–Trinajstić information content (AvgIpc) is 3.44. The zero-order valence-corrected chi connectivity index (χ0v) is 18.7. The molecule has 0 amide bonds. The largest absolute Gasteiger partial charge is 0.462 e. The first-order chi connectivity index (χ1) is 13.9. The normalized spacial score (nSPS) is 51.5. The van der Waals surface area contributed by atoms with Crippen molar-refractivity contribution >= 4 is 5.97 Å². The molecule has 29 heavy (non-hydrogen) atoms. The number of hydrogen-bond donors (Lipinski definition) is 0. The molecule has 1 spiro atoms. The number of carbonyl (C=O) groups excluding carboxylic acids is 1. The molecule has 5 fully saturated rings. The quantitative estimate of drug-likeness (QED) is 0.474. The number of hydrogen-bond acceptors (Lipinski definition) is 3. The third-order valence-corrected chi connectivity index (χ3v) is 10.9. The van der Waals surface area contributed by atoms with Crippen molar-refractivity contribution in [3.05, 3.63) is 11.6 Å². The van der Waals surface area contributed by atoms with E-state index in [4.69, 9.17) is 4.74 Å². The topological polar surface area (TPSA) is 29.5 Å². The van der Waals surface area contributed by atoms with Crippen LogP contribution in [-0.4, -0.2) is 36.6 Å². The number of nitrogens with zero attached hydrogens (tertiary/aromatic N) is 1. The molecule has 1 aliphatic heterocycles. The van der Waals surface area contributed by atoms with Crippen LogP contribution in [0.15, 0.2) is 11.6 Å². The lowest BCUT2D eigenvalue weighted by molar-refractivity contribution is -0.153. The van der Waals surface area contributed by atoms with Crippen LogP contribution < -0.4 is 0 Å². The fourth-order valence-electron chi connectivity index (χ4n) is 9.11. The van der Waals surface area contributed by atoms with Crippen LogP contribution >= 0.6 is 0 Å². The van der Waals surface area contributed by atoms with E-state index in [1.165, 1.54) is 45.1 Å². The third kappa shape index (κ3) is 2.61. The van der Waals surface area contributed by atoms with Gasteiger partial charge in [0.05, 0.1) is 5.92 Å². The van der Waals surface area contributed by atoms with Gasteiger partial charge in [-0.05, 0) is 106 Å². The molecule has 0 bridgehead atoms. The molecule has 6 rings (SSSR count). The van der Waals surface area contributed by atoms with Crippen LogP contribution in [0.5, 0.6) is 0 Å². The molecule has 0 aromatic rings. The van der Waals surface area contributed by atoms with Gasteiger partial charge in [0.1, 0.15) is 6.10 Å². The van der Waals surface area contributed by atoms with E-state index < -0.39 is 0 Å². The van der Waals surface area contributed by atoms with Gasteiger partial charge in [-0.25, -0.2) is 0 Å². The molecule has 0 unspecified atom stereocenters. The molecule has 5 aliphatic carbocycles. The van der Waals surface area contributed by atoms with Gasteiger partial charge in [-0.2, -0.15) is 0 Å². The maximum Gasteiger partial charge on any atom is 0.309 e. The summed E-state index contributed by atoms with van der Waals surface area (Å²) in [5, 5.41) is 0. The first-order valence-corrected chi connectivity index (χ1v) is 12.5. The zero-order valence-electron chi connectivity index (χ0n) is 18.7. The number of fused-ring (bicyclic) bond motifs is 4. The number of esters is 1. The fraction of sp³-hybridized carbons (Fsp3) is 0.885. The molecule has 1 saturated heterocycles. The van der Waals surface area contributed by atoms with Crippen molar-refractivity contribution in [3.8, 4) is 0 Å². The number of ether oxygens (including phenoxy) is 1. The summed E-state index contributed by atoms with van der Waals surface area (Å²) in [5.41, 5.74) is 2.62. The molecule has 0 aromatic heterocycles. The van der Waals surface area contributed by atoms with Gasteiger partial charge >= 0.3 is 5.97 Å². The molecular formula is C26H39NO2. The van der Waals surface area contributed by atoms with Crippen molar-refractivity contribution in [2.24, 2.45) is 40.4 Å². The van der Waals surface area contributed by atoms with Crippen molar-refractivity contribution in [3.63, 3.8) is 0 Å². The minimum atomic E-state index is 0.0870. The smallest absolute Gasteiger partial charge is 0.309 e. The van der Waals surface area contributed by atoms with Crippen molar-refractivity contribution in [2.75, 3.05) is 13.6 Å². The second-order valence-electron chi connectivity index (χ2n) is 11.9. The van der Waals surface area contributed by atoms with Gasteiger partial charge in [-0.3, -0.25) is 4.79 Å². The lowest BCUT2D eigenvalue weighted by Crippen LogP contribution is -2.51. The summed E-state index contributed by atoms with van der Waals surface area (Å²) in [6.45, 7) is 6.40. The van der Waals surface area contributed by atoms with Gasteiger partial charge in [-0.15, -0.1) is 0 Å².